The summed E-state index contributed by atoms with van der Waals surface area (Å²) in [7, 11) is 1.89. The van der Waals surface area contributed by atoms with E-state index in [1.807, 2.05) is 31.3 Å². The third kappa shape index (κ3) is 1.11. The van der Waals surface area contributed by atoms with Crippen molar-refractivity contribution in [3.05, 3.63) is 42.7 Å². The Bertz CT molecular complexity index is 364. The molecule has 0 saturated heterocycles. The highest BCUT2D eigenvalue weighted by Crippen LogP contribution is 2.13. The van der Waals surface area contributed by atoms with Crippen molar-refractivity contribution in [2.45, 2.75) is 0 Å². The third-order valence-corrected chi connectivity index (χ3v) is 1.85. The lowest BCUT2D eigenvalue weighted by Gasteiger charge is -1.89. The highest BCUT2D eigenvalue weighted by Gasteiger charge is 2.10. The lowest BCUT2D eigenvalue weighted by molar-refractivity contribution is -0.836. The van der Waals surface area contributed by atoms with Crippen LogP contribution in [0.1, 0.15) is 0 Å². The molecule has 0 atom stereocenters. The molecule has 1 aromatic carbocycles. The van der Waals surface area contributed by atoms with Gasteiger partial charge in [-0.15, -0.1) is 0 Å². The van der Waals surface area contributed by atoms with Gasteiger partial charge in [-0.05, 0) is 16.9 Å². The van der Waals surface area contributed by atoms with Gasteiger partial charge in [0.25, 0.3) is 5.69 Å². The van der Waals surface area contributed by atoms with E-state index >= 15 is 0 Å². The van der Waals surface area contributed by atoms with Crippen LogP contribution in [-0.4, -0.2) is 0 Å². The number of nitrogens with zero attached hydrogens (tertiary/aromatic N) is 1. The van der Waals surface area contributed by atoms with Crippen LogP contribution in [-0.2, 0) is 7.05 Å². The van der Waals surface area contributed by atoms with Crippen LogP contribution in [0, 0.1) is 0 Å². The van der Waals surface area contributed by atoms with Gasteiger partial charge in [-0.3, -0.25) is 0 Å². The van der Waals surface area contributed by atoms with Gasteiger partial charge in [0.15, 0.2) is 13.3 Å². The molecule has 0 fully saturated rings. The molecule has 0 spiro atoms. The first kappa shape index (κ1) is 7.10. The van der Waals surface area contributed by atoms with Gasteiger partial charge >= 0.3 is 0 Å². The van der Waals surface area contributed by atoms with Gasteiger partial charge in [0.1, 0.15) is 0 Å². The summed E-state index contributed by atoms with van der Waals surface area (Å²) < 4.78 is 6.88. The predicted octanol–water partition coefficient (Wildman–Crippen LogP) is 1.77. The fourth-order valence-electron chi connectivity index (χ4n) is 1.23. The SMILES string of the molecule is C[n+]1occc1-c1ccccc1. The Balaban J connectivity index is 2.51. The summed E-state index contributed by atoms with van der Waals surface area (Å²) in [5, 5.41) is 0. The maximum atomic E-state index is 5.14. The second-order valence-corrected chi connectivity index (χ2v) is 2.66. The molecule has 1 heterocycles. The normalized spacial score (nSPS) is 10.1. The average molecular weight is 160 g/mol. The largest absolute Gasteiger partial charge is 0.261 e. The quantitative estimate of drug-likeness (QED) is 0.581. The van der Waals surface area contributed by atoms with Crippen molar-refractivity contribution in [3.63, 3.8) is 0 Å². The van der Waals surface area contributed by atoms with Crippen molar-refractivity contribution in [2.24, 2.45) is 7.05 Å². The van der Waals surface area contributed by atoms with E-state index in [0.29, 0.717) is 0 Å². The maximum Gasteiger partial charge on any atom is 0.261 e. The first-order chi connectivity index (χ1) is 5.88. The van der Waals surface area contributed by atoms with E-state index in [4.69, 9.17) is 4.52 Å². The van der Waals surface area contributed by atoms with E-state index < -0.39 is 0 Å². The first-order valence-electron chi connectivity index (χ1n) is 3.87. The van der Waals surface area contributed by atoms with Crippen LogP contribution >= 0.6 is 0 Å². The second kappa shape index (κ2) is 2.81. The summed E-state index contributed by atoms with van der Waals surface area (Å²) in [6.45, 7) is 0. The molecule has 0 aliphatic heterocycles. The molecule has 0 saturated carbocycles. The molecule has 60 valence electrons. The van der Waals surface area contributed by atoms with Gasteiger partial charge in [-0.25, -0.2) is 4.52 Å². The summed E-state index contributed by atoms with van der Waals surface area (Å²) in [6.07, 6.45) is 1.68. The fourth-order valence-corrected chi connectivity index (χ4v) is 1.23. The summed E-state index contributed by atoms with van der Waals surface area (Å²) in [6, 6.07) is 12.1. The minimum atomic E-state index is 1.09. The molecule has 2 heteroatoms. The molecule has 0 aliphatic carbocycles. The zero-order chi connectivity index (χ0) is 8.39. The van der Waals surface area contributed by atoms with Gasteiger partial charge in [-0.2, -0.15) is 0 Å². The average Bonchev–Trinajstić information content (AvgIpc) is 2.53. The van der Waals surface area contributed by atoms with Crippen molar-refractivity contribution in [1.29, 1.82) is 0 Å². The molecular formula is C10H10NO+. The number of aromatic nitrogens is 1. The van der Waals surface area contributed by atoms with Crippen LogP contribution in [0.2, 0.25) is 0 Å². The number of aryl methyl sites for hydroxylation is 1. The van der Waals surface area contributed by atoms with Crippen molar-refractivity contribution in [1.82, 2.24) is 0 Å². The smallest absolute Gasteiger partial charge is 0.244 e. The predicted molar refractivity (Wildman–Crippen MR) is 45.3 cm³/mol. The van der Waals surface area contributed by atoms with E-state index in [1.165, 1.54) is 5.56 Å². The molecule has 0 bridgehead atoms. The Kier molecular flexibility index (Phi) is 1.67. The van der Waals surface area contributed by atoms with Crippen LogP contribution in [0.3, 0.4) is 0 Å². The van der Waals surface area contributed by atoms with Gasteiger partial charge in [0.2, 0.25) is 0 Å². The first-order valence-corrected chi connectivity index (χ1v) is 3.87. The Morgan fingerprint density at radius 1 is 1.08 bits per heavy atom. The van der Waals surface area contributed by atoms with Crippen LogP contribution < -0.4 is 4.74 Å². The molecule has 12 heavy (non-hydrogen) atoms. The van der Waals surface area contributed by atoms with Crippen molar-refractivity contribution < 1.29 is 9.26 Å². The molecule has 2 rings (SSSR count). The van der Waals surface area contributed by atoms with Gasteiger partial charge in [0.05, 0.1) is 11.6 Å². The molecule has 0 amide bonds. The second-order valence-electron chi connectivity index (χ2n) is 2.66. The standard InChI is InChI=1S/C10H10NO/c1-11-10(7-8-12-11)9-5-3-2-4-6-9/h2-8H,1H3/q+1. The third-order valence-electron chi connectivity index (χ3n) is 1.85. The Hall–Kier alpha value is -1.57. The summed E-state index contributed by atoms with van der Waals surface area (Å²) in [4.78, 5) is 0. The molecule has 2 aromatic rings. The molecule has 2 nitrogen and oxygen atoms in total. The van der Waals surface area contributed by atoms with Gasteiger partial charge in [-0.1, -0.05) is 18.2 Å². The molecule has 0 unspecified atom stereocenters. The van der Waals surface area contributed by atoms with E-state index in [1.54, 1.807) is 11.0 Å². The van der Waals surface area contributed by atoms with E-state index in [-0.39, 0.29) is 0 Å². The monoisotopic (exact) mass is 160 g/mol. The summed E-state index contributed by atoms with van der Waals surface area (Å²) in [5.74, 6) is 0. The van der Waals surface area contributed by atoms with Gasteiger partial charge < -0.3 is 0 Å². The Morgan fingerprint density at radius 2 is 1.83 bits per heavy atom. The number of rotatable bonds is 1. The lowest BCUT2D eigenvalue weighted by Crippen LogP contribution is -2.26. The van der Waals surface area contributed by atoms with Crippen LogP contribution in [0.4, 0.5) is 0 Å². The highest BCUT2D eigenvalue weighted by molar-refractivity contribution is 5.54. The molecule has 0 aliphatic rings. The van der Waals surface area contributed by atoms with E-state index in [0.717, 1.165) is 5.69 Å². The van der Waals surface area contributed by atoms with Crippen LogP contribution in [0.25, 0.3) is 11.3 Å². The number of benzene rings is 1. The van der Waals surface area contributed by atoms with Crippen molar-refractivity contribution in [2.75, 3.05) is 0 Å². The topological polar surface area (TPSA) is 17.0 Å². The summed E-state index contributed by atoms with van der Waals surface area (Å²) >= 11 is 0. The zero-order valence-electron chi connectivity index (χ0n) is 6.90. The summed E-state index contributed by atoms with van der Waals surface area (Å²) in [5.41, 5.74) is 2.27. The molecular weight excluding hydrogens is 150 g/mol. The maximum absolute atomic E-state index is 5.14. The van der Waals surface area contributed by atoms with Crippen molar-refractivity contribution >= 4 is 0 Å². The zero-order valence-corrected chi connectivity index (χ0v) is 6.90. The van der Waals surface area contributed by atoms with E-state index in [2.05, 4.69) is 12.1 Å². The Morgan fingerprint density at radius 3 is 2.42 bits per heavy atom. The molecule has 0 N–H and O–H groups in total. The lowest BCUT2D eigenvalue weighted by atomic mass is 10.2. The fraction of sp³-hybridized carbons (Fsp3) is 0.100. The number of hydrogen-bond donors (Lipinski definition) is 0. The number of hydrogen-bond acceptors (Lipinski definition) is 1. The van der Waals surface area contributed by atoms with E-state index in [9.17, 15) is 0 Å². The van der Waals surface area contributed by atoms with Crippen LogP contribution in [0.5, 0.6) is 0 Å². The highest BCUT2D eigenvalue weighted by atomic mass is 16.5. The van der Waals surface area contributed by atoms with Crippen LogP contribution in [0.15, 0.2) is 47.2 Å². The minimum absolute atomic E-state index is 1.09. The Labute approximate surface area is 71.0 Å². The van der Waals surface area contributed by atoms with Gasteiger partial charge in [0, 0.05) is 0 Å². The minimum Gasteiger partial charge on any atom is -0.244 e. The molecule has 0 radical (unpaired) electrons. The van der Waals surface area contributed by atoms with Crippen molar-refractivity contribution in [3.8, 4) is 11.3 Å². The molecule has 1 aromatic heterocycles.